The van der Waals surface area contributed by atoms with Crippen molar-refractivity contribution in [3.63, 3.8) is 0 Å². The molecule has 0 bridgehead atoms. The zero-order valence-electron chi connectivity index (χ0n) is 9.49. The predicted molar refractivity (Wildman–Crippen MR) is 91.9 cm³/mol. The Hall–Kier alpha value is -0.430. The Bertz CT molecular complexity index is 646. The second-order valence-electron chi connectivity index (χ2n) is 3.69. The van der Waals surface area contributed by atoms with Crippen molar-refractivity contribution < 1.29 is 4.74 Å². The summed E-state index contributed by atoms with van der Waals surface area (Å²) in [5.41, 5.74) is 6.38. The van der Waals surface area contributed by atoms with Crippen LogP contribution in [0.25, 0.3) is 0 Å². The van der Waals surface area contributed by atoms with Gasteiger partial charge in [0.25, 0.3) is 0 Å². The van der Waals surface area contributed by atoms with Gasteiger partial charge in [-0.25, -0.2) is 0 Å². The van der Waals surface area contributed by atoms with Gasteiger partial charge in [0.15, 0.2) is 0 Å². The largest absolute Gasteiger partial charge is 0.455 e. The molecule has 0 aliphatic carbocycles. The first-order valence-corrected chi connectivity index (χ1v) is 7.98. The minimum absolute atomic E-state index is 0.358. The molecule has 19 heavy (non-hydrogen) atoms. The van der Waals surface area contributed by atoms with Crippen LogP contribution in [-0.4, -0.2) is 4.99 Å². The normalized spacial score (nSPS) is 10.3. The van der Waals surface area contributed by atoms with Crippen molar-refractivity contribution in [2.24, 2.45) is 5.73 Å². The number of thiocarbonyl (C=S) groups is 1. The van der Waals surface area contributed by atoms with Crippen molar-refractivity contribution in [1.82, 2.24) is 0 Å². The number of hydrogen-bond donors (Lipinski definition) is 1. The monoisotopic (exact) mass is 463 g/mol. The van der Waals surface area contributed by atoms with Gasteiger partial charge in [-0.3, -0.25) is 0 Å². The molecule has 2 N–H and O–H groups in total. The fourth-order valence-corrected chi connectivity index (χ4v) is 3.13. The lowest BCUT2D eigenvalue weighted by molar-refractivity contribution is 0.476. The van der Waals surface area contributed by atoms with E-state index in [1.165, 1.54) is 0 Å². The second-order valence-corrected chi connectivity index (χ2v) is 6.75. The van der Waals surface area contributed by atoms with Crippen LogP contribution in [0.2, 0.25) is 0 Å². The molecule has 0 aliphatic heterocycles. The predicted octanol–water partition coefficient (Wildman–Crippen LogP) is 5.40. The molecule has 0 spiro atoms. The summed E-state index contributed by atoms with van der Waals surface area (Å²) in [4.78, 5) is 0.358. The van der Waals surface area contributed by atoms with Crippen molar-refractivity contribution in [1.29, 1.82) is 0 Å². The minimum Gasteiger partial charge on any atom is -0.455 e. The summed E-state index contributed by atoms with van der Waals surface area (Å²) < 4.78 is 8.48. The highest BCUT2D eigenvalue weighted by Crippen LogP contribution is 2.35. The van der Waals surface area contributed by atoms with E-state index in [1.807, 2.05) is 36.4 Å². The number of rotatable bonds is 3. The average Bonchev–Trinajstić information content (AvgIpc) is 2.34. The molecule has 2 aromatic rings. The van der Waals surface area contributed by atoms with Crippen LogP contribution in [-0.2, 0) is 0 Å². The molecule has 2 rings (SSSR count). The van der Waals surface area contributed by atoms with Crippen molar-refractivity contribution >= 4 is 65.0 Å². The molecule has 2 nitrogen and oxygen atoms in total. The maximum atomic E-state index is 5.83. The molecule has 0 aliphatic rings. The summed E-state index contributed by atoms with van der Waals surface area (Å²) in [7, 11) is 0. The highest BCUT2D eigenvalue weighted by Gasteiger charge is 2.08. The Morgan fingerprint density at radius 1 is 0.947 bits per heavy atom. The molecular formula is C13H8Br3NOS. The Morgan fingerprint density at radius 3 is 2.05 bits per heavy atom. The lowest BCUT2D eigenvalue weighted by Crippen LogP contribution is -2.09. The fraction of sp³-hybridized carbons (Fsp3) is 0. The van der Waals surface area contributed by atoms with E-state index < -0.39 is 0 Å². The quantitative estimate of drug-likeness (QED) is 0.616. The SMILES string of the molecule is NC(=S)c1ccc(Oc2ccc(Br)cc2Br)c(Br)c1. The van der Waals surface area contributed by atoms with Crippen LogP contribution >= 0.6 is 60.0 Å². The van der Waals surface area contributed by atoms with E-state index in [9.17, 15) is 0 Å². The van der Waals surface area contributed by atoms with Gasteiger partial charge >= 0.3 is 0 Å². The molecular weight excluding hydrogens is 458 g/mol. The van der Waals surface area contributed by atoms with Crippen LogP contribution in [0, 0.1) is 0 Å². The summed E-state index contributed by atoms with van der Waals surface area (Å²) in [6.07, 6.45) is 0. The Labute approximate surface area is 141 Å². The summed E-state index contributed by atoms with van der Waals surface area (Å²) >= 11 is 15.2. The van der Waals surface area contributed by atoms with Crippen LogP contribution < -0.4 is 10.5 Å². The maximum Gasteiger partial charge on any atom is 0.141 e. The average molecular weight is 466 g/mol. The third kappa shape index (κ3) is 3.78. The zero-order chi connectivity index (χ0) is 14.0. The van der Waals surface area contributed by atoms with E-state index in [2.05, 4.69) is 47.8 Å². The summed E-state index contributed by atoms with van der Waals surface area (Å²) in [6.45, 7) is 0. The van der Waals surface area contributed by atoms with Gasteiger partial charge in [-0.1, -0.05) is 28.1 Å². The molecule has 0 unspecified atom stereocenters. The first-order valence-electron chi connectivity index (χ1n) is 5.19. The number of nitrogens with two attached hydrogens (primary N) is 1. The first kappa shape index (κ1) is 15.0. The molecule has 0 saturated carbocycles. The summed E-state index contributed by atoms with van der Waals surface area (Å²) in [5, 5.41) is 0. The standard InChI is InChI=1S/C13H8Br3NOS/c14-8-2-4-12(10(16)6-8)18-11-3-1-7(13(17)19)5-9(11)15/h1-6H,(H2,17,19). The zero-order valence-corrected chi connectivity index (χ0v) is 15.1. The van der Waals surface area contributed by atoms with Crippen LogP contribution in [0.1, 0.15) is 5.56 Å². The van der Waals surface area contributed by atoms with E-state index in [-0.39, 0.29) is 0 Å². The summed E-state index contributed by atoms with van der Waals surface area (Å²) in [5.74, 6) is 1.43. The molecule has 0 aromatic heterocycles. The molecule has 0 saturated heterocycles. The fourth-order valence-electron chi connectivity index (χ4n) is 1.41. The third-order valence-corrected chi connectivity index (χ3v) is 4.30. The molecule has 0 atom stereocenters. The van der Waals surface area contributed by atoms with Gasteiger partial charge in [-0.15, -0.1) is 0 Å². The number of hydrogen-bond acceptors (Lipinski definition) is 2. The Morgan fingerprint density at radius 2 is 1.53 bits per heavy atom. The first-order chi connectivity index (χ1) is 8.97. The van der Waals surface area contributed by atoms with Gasteiger partial charge in [0, 0.05) is 10.0 Å². The van der Waals surface area contributed by atoms with Gasteiger partial charge in [0.1, 0.15) is 16.5 Å². The van der Waals surface area contributed by atoms with Gasteiger partial charge in [-0.2, -0.15) is 0 Å². The highest BCUT2D eigenvalue weighted by molar-refractivity contribution is 9.11. The van der Waals surface area contributed by atoms with E-state index in [0.717, 1.165) is 24.7 Å². The Kier molecular flexibility index (Phi) is 5.00. The van der Waals surface area contributed by atoms with Gasteiger partial charge < -0.3 is 10.5 Å². The van der Waals surface area contributed by atoms with Crippen molar-refractivity contribution in [3.05, 3.63) is 55.4 Å². The molecule has 98 valence electrons. The molecule has 6 heteroatoms. The smallest absolute Gasteiger partial charge is 0.141 e. The lowest BCUT2D eigenvalue weighted by atomic mass is 10.2. The van der Waals surface area contributed by atoms with Crippen molar-refractivity contribution in [3.8, 4) is 11.5 Å². The highest BCUT2D eigenvalue weighted by atomic mass is 79.9. The third-order valence-electron chi connectivity index (χ3n) is 2.33. The van der Waals surface area contributed by atoms with Crippen molar-refractivity contribution in [2.75, 3.05) is 0 Å². The lowest BCUT2D eigenvalue weighted by Gasteiger charge is -2.10. The summed E-state index contributed by atoms with van der Waals surface area (Å²) in [6, 6.07) is 11.2. The minimum atomic E-state index is 0.358. The van der Waals surface area contributed by atoms with E-state index >= 15 is 0 Å². The molecule has 0 heterocycles. The maximum absolute atomic E-state index is 5.83. The number of halogens is 3. The van der Waals surface area contributed by atoms with E-state index in [0.29, 0.717) is 10.7 Å². The van der Waals surface area contributed by atoms with E-state index in [1.54, 1.807) is 0 Å². The van der Waals surface area contributed by atoms with Crippen LogP contribution in [0.15, 0.2) is 49.8 Å². The van der Waals surface area contributed by atoms with Crippen molar-refractivity contribution in [2.45, 2.75) is 0 Å². The van der Waals surface area contributed by atoms with Gasteiger partial charge in [-0.05, 0) is 68.3 Å². The van der Waals surface area contributed by atoms with Crippen LogP contribution in [0.3, 0.4) is 0 Å². The van der Waals surface area contributed by atoms with E-state index in [4.69, 9.17) is 22.7 Å². The topological polar surface area (TPSA) is 35.2 Å². The Balaban J connectivity index is 2.31. The molecule has 2 aromatic carbocycles. The number of ether oxygens (including phenoxy) is 1. The molecule has 0 radical (unpaired) electrons. The molecule has 0 amide bonds. The van der Waals surface area contributed by atoms with Gasteiger partial charge in [0.05, 0.1) is 8.95 Å². The second kappa shape index (κ2) is 6.35. The van der Waals surface area contributed by atoms with Crippen LogP contribution in [0.4, 0.5) is 0 Å². The van der Waals surface area contributed by atoms with Gasteiger partial charge in [0.2, 0.25) is 0 Å². The number of benzene rings is 2. The van der Waals surface area contributed by atoms with Crippen LogP contribution in [0.5, 0.6) is 11.5 Å². The molecule has 0 fully saturated rings.